The number of benzene rings is 2. The molecule has 180 valence electrons. The largest absolute Gasteiger partial charge is 0.373 e. The summed E-state index contributed by atoms with van der Waals surface area (Å²) in [6.45, 7) is 5.54. The average Bonchev–Trinajstić information content (AvgIpc) is 2.89. The molecule has 2 atom stereocenters. The third kappa shape index (κ3) is 6.95. The second-order valence-corrected chi connectivity index (χ2v) is 10.9. The van der Waals surface area contributed by atoms with E-state index in [0.29, 0.717) is 0 Å². The maximum Gasteiger partial charge on any atom is 0.0825 e. The topological polar surface area (TPSA) is 9.23 Å². The van der Waals surface area contributed by atoms with Gasteiger partial charge >= 0.3 is 0 Å². The van der Waals surface area contributed by atoms with Gasteiger partial charge in [0.2, 0.25) is 0 Å². The fourth-order valence-electron chi connectivity index (χ4n) is 6.09. The van der Waals surface area contributed by atoms with E-state index >= 15 is 0 Å². The van der Waals surface area contributed by atoms with Gasteiger partial charge in [0.25, 0.3) is 0 Å². The van der Waals surface area contributed by atoms with E-state index in [2.05, 4.69) is 62.4 Å². The lowest BCUT2D eigenvalue weighted by Gasteiger charge is -2.29. The van der Waals surface area contributed by atoms with Crippen LogP contribution < -0.4 is 0 Å². The SMILES string of the molecule is CCCCCC1CCC(c2ccc(-c3ccc([C@H]4CC[C@H](CCCC)CC4)cc3)cc2)OC1. The van der Waals surface area contributed by atoms with Crippen molar-refractivity contribution >= 4 is 0 Å². The van der Waals surface area contributed by atoms with Crippen molar-refractivity contribution in [3.05, 3.63) is 59.7 Å². The third-order valence-corrected chi connectivity index (χ3v) is 8.40. The van der Waals surface area contributed by atoms with Crippen molar-refractivity contribution in [2.45, 2.75) is 109 Å². The highest BCUT2D eigenvalue weighted by atomic mass is 16.5. The third-order valence-electron chi connectivity index (χ3n) is 8.40. The fraction of sp³-hybridized carbons (Fsp3) is 0.625. The molecule has 1 aliphatic heterocycles. The van der Waals surface area contributed by atoms with Crippen LogP contribution in [-0.4, -0.2) is 6.61 Å². The highest BCUT2D eigenvalue weighted by molar-refractivity contribution is 5.64. The smallest absolute Gasteiger partial charge is 0.0825 e. The van der Waals surface area contributed by atoms with Crippen molar-refractivity contribution in [2.24, 2.45) is 11.8 Å². The van der Waals surface area contributed by atoms with Gasteiger partial charge in [-0.3, -0.25) is 0 Å². The van der Waals surface area contributed by atoms with E-state index < -0.39 is 0 Å². The summed E-state index contributed by atoms with van der Waals surface area (Å²) in [5, 5.41) is 0. The van der Waals surface area contributed by atoms with E-state index in [1.807, 2.05) is 0 Å². The van der Waals surface area contributed by atoms with Gasteiger partial charge in [-0.25, -0.2) is 0 Å². The predicted molar refractivity (Wildman–Crippen MR) is 142 cm³/mol. The van der Waals surface area contributed by atoms with E-state index in [0.717, 1.165) is 24.4 Å². The Balaban J connectivity index is 1.27. The van der Waals surface area contributed by atoms with Crippen molar-refractivity contribution in [3.63, 3.8) is 0 Å². The molecule has 1 saturated carbocycles. The number of ether oxygens (including phenoxy) is 1. The zero-order valence-electron chi connectivity index (χ0n) is 21.2. The number of hydrogen-bond donors (Lipinski definition) is 0. The molecule has 1 saturated heterocycles. The number of rotatable bonds is 10. The molecule has 0 radical (unpaired) electrons. The minimum absolute atomic E-state index is 0.288. The zero-order valence-corrected chi connectivity index (χ0v) is 21.2. The Morgan fingerprint density at radius 2 is 1.18 bits per heavy atom. The van der Waals surface area contributed by atoms with Crippen LogP contribution in [0.5, 0.6) is 0 Å². The van der Waals surface area contributed by atoms with Crippen molar-refractivity contribution < 1.29 is 4.74 Å². The second kappa shape index (κ2) is 12.7. The Labute approximate surface area is 203 Å². The Morgan fingerprint density at radius 1 is 0.606 bits per heavy atom. The van der Waals surface area contributed by atoms with E-state index in [1.54, 1.807) is 5.56 Å². The van der Waals surface area contributed by atoms with Crippen LogP contribution >= 0.6 is 0 Å². The molecular formula is C32H46O. The molecule has 2 fully saturated rings. The lowest BCUT2D eigenvalue weighted by atomic mass is 9.77. The van der Waals surface area contributed by atoms with Crippen LogP contribution in [0.25, 0.3) is 11.1 Å². The van der Waals surface area contributed by atoms with Crippen molar-refractivity contribution in [3.8, 4) is 11.1 Å². The molecule has 1 heterocycles. The van der Waals surface area contributed by atoms with Crippen LogP contribution in [0.4, 0.5) is 0 Å². The van der Waals surface area contributed by atoms with Crippen LogP contribution in [-0.2, 0) is 4.74 Å². The van der Waals surface area contributed by atoms with Crippen molar-refractivity contribution in [2.75, 3.05) is 6.61 Å². The van der Waals surface area contributed by atoms with Crippen LogP contribution in [0.15, 0.2) is 48.5 Å². The first-order valence-corrected chi connectivity index (χ1v) is 14.1. The first-order valence-electron chi connectivity index (χ1n) is 14.1. The van der Waals surface area contributed by atoms with Gasteiger partial charge in [0.1, 0.15) is 0 Å². The van der Waals surface area contributed by atoms with Crippen LogP contribution in [0, 0.1) is 11.8 Å². The van der Waals surface area contributed by atoms with E-state index in [1.165, 1.54) is 100 Å². The van der Waals surface area contributed by atoms with Gasteiger partial charge < -0.3 is 4.74 Å². The van der Waals surface area contributed by atoms with E-state index in [-0.39, 0.29) is 6.10 Å². The highest BCUT2D eigenvalue weighted by Gasteiger charge is 2.23. The number of unbranched alkanes of at least 4 members (excludes halogenated alkanes) is 3. The molecule has 1 aliphatic carbocycles. The van der Waals surface area contributed by atoms with Gasteiger partial charge in [0.15, 0.2) is 0 Å². The second-order valence-electron chi connectivity index (χ2n) is 10.9. The Morgan fingerprint density at radius 3 is 1.76 bits per heavy atom. The van der Waals surface area contributed by atoms with E-state index in [9.17, 15) is 0 Å². The lowest BCUT2D eigenvalue weighted by Crippen LogP contribution is -2.20. The summed E-state index contributed by atoms with van der Waals surface area (Å²) >= 11 is 0. The van der Waals surface area contributed by atoms with Crippen LogP contribution in [0.2, 0.25) is 0 Å². The van der Waals surface area contributed by atoms with Crippen molar-refractivity contribution in [1.29, 1.82) is 0 Å². The molecule has 1 nitrogen and oxygen atoms in total. The van der Waals surface area contributed by atoms with E-state index in [4.69, 9.17) is 4.74 Å². The summed E-state index contributed by atoms with van der Waals surface area (Å²) < 4.78 is 6.26. The normalized spacial score (nSPS) is 25.8. The van der Waals surface area contributed by atoms with Gasteiger partial charge in [0, 0.05) is 0 Å². The quantitative estimate of drug-likeness (QED) is 0.330. The first kappa shape index (κ1) is 24.5. The molecule has 2 aromatic rings. The summed E-state index contributed by atoms with van der Waals surface area (Å²) in [5.41, 5.74) is 5.56. The summed E-state index contributed by atoms with van der Waals surface area (Å²) in [4.78, 5) is 0. The molecule has 33 heavy (non-hydrogen) atoms. The molecule has 0 bridgehead atoms. The van der Waals surface area contributed by atoms with Gasteiger partial charge in [-0.15, -0.1) is 0 Å². The lowest BCUT2D eigenvalue weighted by molar-refractivity contribution is -0.0198. The monoisotopic (exact) mass is 446 g/mol. The molecule has 1 heteroatoms. The average molecular weight is 447 g/mol. The molecule has 2 aromatic carbocycles. The van der Waals surface area contributed by atoms with Gasteiger partial charge in [-0.05, 0) is 85.0 Å². The summed E-state index contributed by atoms with van der Waals surface area (Å²) in [5.74, 6) is 2.53. The standard InChI is InChI=1S/C32H46O/c1-3-5-7-9-26-12-23-32(33-24-26)31-21-19-30(20-22-31)29-17-15-28(16-18-29)27-13-10-25(11-14-27)8-6-4-2/h15-22,25-27,32H,3-14,23-24H2,1-2H3/t25-,26?,27-,32?. The predicted octanol–water partition coefficient (Wildman–Crippen LogP) is 9.87. The molecule has 0 amide bonds. The molecule has 0 spiro atoms. The maximum absolute atomic E-state index is 6.26. The molecule has 4 rings (SSSR count). The minimum atomic E-state index is 0.288. The van der Waals surface area contributed by atoms with Crippen LogP contribution in [0.1, 0.15) is 120 Å². The Hall–Kier alpha value is -1.60. The highest BCUT2D eigenvalue weighted by Crippen LogP contribution is 2.38. The fourth-order valence-corrected chi connectivity index (χ4v) is 6.09. The molecule has 2 unspecified atom stereocenters. The zero-order chi connectivity index (χ0) is 22.9. The molecule has 0 aromatic heterocycles. The number of hydrogen-bond acceptors (Lipinski definition) is 1. The van der Waals surface area contributed by atoms with Gasteiger partial charge in [0.05, 0.1) is 12.7 Å². The maximum atomic E-state index is 6.26. The molecule has 2 aliphatic rings. The van der Waals surface area contributed by atoms with Gasteiger partial charge in [-0.1, -0.05) is 101 Å². The Kier molecular flexibility index (Phi) is 9.47. The minimum Gasteiger partial charge on any atom is -0.373 e. The van der Waals surface area contributed by atoms with Crippen LogP contribution in [0.3, 0.4) is 0 Å². The van der Waals surface area contributed by atoms with Crippen molar-refractivity contribution in [1.82, 2.24) is 0 Å². The molecular weight excluding hydrogens is 400 g/mol. The summed E-state index contributed by atoms with van der Waals surface area (Å²) in [6.07, 6.45) is 18.0. The molecule has 0 N–H and O–H groups in total. The Bertz CT molecular complexity index is 789. The first-order chi connectivity index (χ1) is 16.3. The summed E-state index contributed by atoms with van der Waals surface area (Å²) in [6, 6.07) is 18.6. The van der Waals surface area contributed by atoms with Gasteiger partial charge in [-0.2, -0.15) is 0 Å². The summed E-state index contributed by atoms with van der Waals surface area (Å²) in [7, 11) is 0.